The van der Waals surface area contributed by atoms with Crippen LogP contribution in [0.1, 0.15) is 59.3 Å². The first-order valence-corrected chi connectivity index (χ1v) is 8.10. The average molecular weight is 282 g/mol. The molecule has 20 heavy (non-hydrogen) atoms. The monoisotopic (exact) mass is 282 g/mol. The van der Waals surface area contributed by atoms with Crippen molar-refractivity contribution in [1.29, 1.82) is 0 Å². The molecule has 1 saturated heterocycles. The Balaban J connectivity index is 2.00. The van der Waals surface area contributed by atoms with Gasteiger partial charge in [0.15, 0.2) is 0 Å². The Morgan fingerprint density at radius 1 is 1.30 bits per heavy atom. The number of hydrogen-bond donors (Lipinski definition) is 1. The number of nitrogens with two attached hydrogens (primary N) is 1. The summed E-state index contributed by atoms with van der Waals surface area (Å²) in [5.74, 6) is 1.37. The third kappa shape index (κ3) is 3.87. The van der Waals surface area contributed by atoms with Crippen molar-refractivity contribution in [3.05, 3.63) is 0 Å². The van der Waals surface area contributed by atoms with Crippen LogP contribution in [0.2, 0.25) is 0 Å². The molecule has 4 nitrogen and oxygen atoms in total. The molecule has 0 spiro atoms. The Morgan fingerprint density at radius 3 is 2.50 bits per heavy atom. The van der Waals surface area contributed by atoms with Crippen molar-refractivity contribution in [1.82, 2.24) is 4.90 Å². The molecule has 4 heteroatoms. The van der Waals surface area contributed by atoms with Gasteiger partial charge in [0.05, 0.1) is 0 Å². The van der Waals surface area contributed by atoms with Gasteiger partial charge in [-0.05, 0) is 71.3 Å². The zero-order valence-electron chi connectivity index (χ0n) is 13.2. The molecule has 0 bridgehead atoms. The first-order valence-electron chi connectivity index (χ1n) is 8.10. The van der Waals surface area contributed by atoms with Gasteiger partial charge in [-0.1, -0.05) is 6.42 Å². The van der Waals surface area contributed by atoms with E-state index in [-0.39, 0.29) is 6.09 Å². The predicted molar refractivity (Wildman–Crippen MR) is 80.5 cm³/mol. The standard InChI is InChI=1S/C16H30N2O2/c1-16(2,3)20-15(19)18-10-8-12(7-9-17)11-14(18)13-5-4-6-13/h12-14H,4-11,17H2,1-3H3. The molecule has 1 amide bonds. The summed E-state index contributed by atoms with van der Waals surface area (Å²) in [6.07, 6.45) is 6.98. The number of carbonyl (C=O) groups excluding carboxylic acids is 1. The summed E-state index contributed by atoms with van der Waals surface area (Å²) < 4.78 is 5.58. The lowest BCUT2D eigenvalue weighted by Crippen LogP contribution is -2.52. The lowest BCUT2D eigenvalue weighted by molar-refractivity contribution is -0.0140. The molecule has 1 aliphatic carbocycles. The quantitative estimate of drug-likeness (QED) is 0.865. The molecular formula is C16H30N2O2. The molecule has 1 heterocycles. The third-order valence-corrected chi connectivity index (χ3v) is 4.65. The molecule has 2 N–H and O–H groups in total. The minimum atomic E-state index is -0.407. The van der Waals surface area contributed by atoms with Crippen LogP contribution in [0.5, 0.6) is 0 Å². The maximum Gasteiger partial charge on any atom is 0.410 e. The minimum Gasteiger partial charge on any atom is -0.444 e. The van der Waals surface area contributed by atoms with Crippen LogP contribution in [-0.2, 0) is 4.74 Å². The Bertz CT molecular complexity index is 334. The average Bonchev–Trinajstić information content (AvgIpc) is 2.24. The summed E-state index contributed by atoms with van der Waals surface area (Å²) in [6.45, 7) is 7.40. The number of nitrogens with zero attached hydrogens (tertiary/aromatic N) is 1. The molecule has 1 saturated carbocycles. The highest BCUT2D eigenvalue weighted by atomic mass is 16.6. The maximum absolute atomic E-state index is 12.4. The van der Waals surface area contributed by atoms with Crippen LogP contribution in [0.3, 0.4) is 0 Å². The number of carbonyl (C=O) groups is 1. The third-order valence-electron chi connectivity index (χ3n) is 4.65. The highest BCUT2D eigenvalue weighted by Crippen LogP contribution is 2.39. The molecule has 2 rings (SSSR count). The number of rotatable bonds is 3. The van der Waals surface area contributed by atoms with E-state index in [2.05, 4.69) is 0 Å². The maximum atomic E-state index is 12.4. The molecule has 0 aromatic carbocycles. The largest absolute Gasteiger partial charge is 0.444 e. The topological polar surface area (TPSA) is 55.6 Å². The van der Waals surface area contributed by atoms with Gasteiger partial charge in [-0.2, -0.15) is 0 Å². The summed E-state index contributed by atoms with van der Waals surface area (Å²) in [4.78, 5) is 14.4. The SMILES string of the molecule is CC(C)(C)OC(=O)N1CCC(CCN)CC1C1CCC1. The molecule has 1 aliphatic heterocycles. The van der Waals surface area contributed by atoms with E-state index in [1.807, 2.05) is 25.7 Å². The van der Waals surface area contributed by atoms with Crippen LogP contribution in [-0.4, -0.2) is 35.7 Å². The van der Waals surface area contributed by atoms with Crippen molar-refractivity contribution in [2.75, 3.05) is 13.1 Å². The summed E-state index contributed by atoms with van der Waals surface area (Å²) in [5.41, 5.74) is 5.29. The lowest BCUT2D eigenvalue weighted by Gasteiger charge is -2.46. The van der Waals surface area contributed by atoms with Gasteiger partial charge in [0, 0.05) is 12.6 Å². The number of amides is 1. The first kappa shape index (κ1) is 15.6. The van der Waals surface area contributed by atoms with E-state index in [0.717, 1.165) is 32.4 Å². The molecule has 2 atom stereocenters. The molecule has 2 fully saturated rings. The molecule has 0 radical (unpaired) electrons. The fourth-order valence-electron chi connectivity index (χ4n) is 3.39. The summed E-state index contributed by atoms with van der Waals surface area (Å²) in [5, 5.41) is 0. The molecule has 0 aromatic heterocycles. The second kappa shape index (κ2) is 6.33. The van der Waals surface area contributed by atoms with Crippen molar-refractivity contribution in [3.63, 3.8) is 0 Å². The second-order valence-electron chi connectivity index (χ2n) is 7.40. The van der Waals surface area contributed by atoms with E-state index < -0.39 is 5.60 Å². The van der Waals surface area contributed by atoms with Gasteiger partial charge in [0.25, 0.3) is 0 Å². The van der Waals surface area contributed by atoms with E-state index in [1.165, 1.54) is 19.3 Å². The molecule has 0 aromatic rings. The van der Waals surface area contributed by atoms with Crippen LogP contribution in [0.25, 0.3) is 0 Å². The van der Waals surface area contributed by atoms with Gasteiger partial charge in [-0.3, -0.25) is 0 Å². The number of ether oxygens (including phenoxy) is 1. The first-order chi connectivity index (χ1) is 9.40. The van der Waals surface area contributed by atoms with Crippen molar-refractivity contribution >= 4 is 6.09 Å². The number of piperidine rings is 1. The summed E-state index contributed by atoms with van der Waals surface area (Å²) in [6, 6.07) is 0.379. The van der Waals surface area contributed by atoms with E-state index in [1.54, 1.807) is 0 Å². The number of hydrogen-bond acceptors (Lipinski definition) is 3. The van der Waals surface area contributed by atoms with E-state index in [9.17, 15) is 4.79 Å². The molecule has 2 unspecified atom stereocenters. The van der Waals surface area contributed by atoms with Gasteiger partial charge in [0.2, 0.25) is 0 Å². The normalized spacial score (nSPS) is 28.1. The Labute approximate surface area is 123 Å². The fourth-order valence-corrected chi connectivity index (χ4v) is 3.39. The smallest absolute Gasteiger partial charge is 0.410 e. The van der Waals surface area contributed by atoms with Gasteiger partial charge in [-0.15, -0.1) is 0 Å². The van der Waals surface area contributed by atoms with Crippen molar-refractivity contribution in [2.24, 2.45) is 17.6 Å². The van der Waals surface area contributed by atoms with Crippen molar-refractivity contribution in [2.45, 2.75) is 70.9 Å². The van der Waals surface area contributed by atoms with Crippen LogP contribution in [0, 0.1) is 11.8 Å². The summed E-state index contributed by atoms with van der Waals surface area (Å²) >= 11 is 0. The minimum absolute atomic E-state index is 0.124. The zero-order chi connectivity index (χ0) is 14.8. The van der Waals surface area contributed by atoms with Crippen LogP contribution < -0.4 is 5.73 Å². The second-order valence-corrected chi connectivity index (χ2v) is 7.40. The van der Waals surface area contributed by atoms with Crippen LogP contribution in [0.15, 0.2) is 0 Å². The van der Waals surface area contributed by atoms with Crippen molar-refractivity contribution in [3.8, 4) is 0 Å². The Morgan fingerprint density at radius 2 is 2.00 bits per heavy atom. The highest BCUT2D eigenvalue weighted by Gasteiger charge is 2.40. The predicted octanol–water partition coefficient (Wildman–Crippen LogP) is 3.15. The Kier molecular flexibility index (Phi) is 4.95. The summed E-state index contributed by atoms with van der Waals surface area (Å²) in [7, 11) is 0. The van der Waals surface area contributed by atoms with Gasteiger partial charge < -0.3 is 15.4 Å². The zero-order valence-corrected chi connectivity index (χ0v) is 13.2. The fraction of sp³-hybridized carbons (Fsp3) is 0.938. The van der Waals surface area contributed by atoms with Gasteiger partial charge in [0.1, 0.15) is 5.60 Å². The molecule has 2 aliphatic rings. The van der Waals surface area contributed by atoms with Crippen LogP contribution >= 0.6 is 0 Å². The molecule has 116 valence electrons. The molecular weight excluding hydrogens is 252 g/mol. The van der Waals surface area contributed by atoms with E-state index in [4.69, 9.17) is 10.5 Å². The Hall–Kier alpha value is -0.770. The highest BCUT2D eigenvalue weighted by molar-refractivity contribution is 5.68. The lowest BCUT2D eigenvalue weighted by atomic mass is 9.73. The number of likely N-dealkylation sites (tertiary alicyclic amines) is 1. The van der Waals surface area contributed by atoms with Gasteiger partial charge in [-0.25, -0.2) is 4.79 Å². The van der Waals surface area contributed by atoms with E-state index >= 15 is 0 Å². The van der Waals surface area contributed by atoms with Gasteiger partial charge >= 0.3 is 6.09 Å². The van der Waals surface area contributed by atoms with Crippen LogP contribution in [0.4, 0.5) is 4.79 Å². The van der Waals surface area contributed by atoms with E-state index in [0.29, 0.717) is 17.9 Å². The van der Waals surface area contributed by atoms with Crippen molar-refractivity contribution < 1.29 is 9.53 Å².